The van der Waals surface area contributed by atoms with Gasteiger partial charge in [-0.25, -0.2) is 0 Å². The monoisotopic (exact) mass is 278 g/mol. The first kappa shape index (κ1) is 13.7. The van der Waals surface area contributed by atoms with Crippen LogP contribution in [0.4, 0.5) is 11.4 Å². The topological polar surface area (TPSA) is 108 Å². The minimum absolute atomic E-state index is 0.0893. The molecule has 0 aliphatic heterocycles. The van der Waals surface area contributed by atoms with Gasteiger partial charge in [0.2, 0.25) is 5.91 Å². The van der Waals surface area contributed by atoms with Crippen molar-refractivity contribution in [3.8, 4) is 0 Å². The lowest BCUT2D eigenvalue weighted by molar-refractivity contribution is -0.385. The standard InChI is InChI=1S/C11H14N6O3/c1-7-9(5-15(3)14-7)13-11(18)6-16-8(2)10(4-12-16)17(19)20/h4-5H,6H2,1-3H3,(H,13,18). The molecule has 2 aromatic heterocycles. The number of rotatable bonds is 4. The van der Waals surface area contributed by atoms with Crippen molar-refractivity contribution in [2.75, 3.05) is 5.32 Å². The molecule has 20 heavy (non-hydrogen) atoms. The zero-order valence-electron chi connectivity index (χ0n) is 11.3. The van der Waals surface area contributed by atoms with E-state index in [2.05, 4.69) is 15.5 Å². The maximum Gasteiger partial charge on any atom is 0.309 e. The molecule has 106 valence electrons. The van der Waals surface area contributed by atoms with E-state index in [0.29, 0.717) is 17.1 Å². The summed E-state index contributed by atoms with van der Waals surface area (Å²) in [4.78, 5) is 22.1. The van der Waals surface area contributed by atoms with Gasteiger partial charge in [-0.15, -0.1) is 0 Å². The van der Waals surface area contributed by atoms with Crippen molar-refractivity contribution in [3.63, 3.8) is 0 Å². The molecular formula is C11H14N6O3. The number of nitrogens with one attached hydrogen (secondary N) is 1. The summed E-state index contributed by atoms with van der Waals surface area (Å²) in [5, 5.41) is 21.3. The third kappa shape index (κ3) is 2.66. The molecule has 0 fully saturated rings. The van der Waals surface area contributed by atoms with E-state index in [-0.39, 0.29) is 18.1 Å². The van der Waals surface area contributed by atoms with Crippen molar-refractivity contribution in [2.45, 2.75) is 20.4 Å². The minimum atomic E-state index is -0.526. The first-order valence-electron chi connectivity index (χ1n) is 5.85. The molecule has 0 bridgehead atoms. The first-order valence-corrected chi connectivity index (χ1v) is 5.85. The Morgan fingerprint density at radius 3 is 2.70 bits per heavy atom. The van der Waals surface area contributed by atoms with Gasteiger partial charge in [0.1, 0.15) is 18.4 Å². The molecule has 1 N–H and O–H groups in total. The molecule has 0 unspecified atom stereocenters. The predicted octanol–water partition coefficient (Wildman–Crippen LogP) is 0.780. The van der Waals surface area contributed by atoms with Crippen LogP contribution in [0.3, 0.4) is 0 Å². The first-order chi connectivity index (χ1) is 9.38. The van der Waals surface area contributed by atoms with Crippen LogP contribution in [0.1, 0.15) is 11.4 Å². The molecule has 1 amide bonds. The van der Waals surface area contributed by atoms with Crippen LogP contribution in [0.25, 0.3) is 0 Å². The summed E-state index contributed by atoms with van der Waals surface area (Å²) >= 11 is 0. The van der Waals surface area contributed by atoms with Gasteiger partial charge in [-0.05, 0) is 13.8 Å². The molecule has 0 saturated carbocycles. The Morgan fingerprint density at radius 1 is 1.50 bits per heavy atom. The summed E-state index contributed by atoms with van der Waals surface area (Å²) < 4.78 is 2.88. The highest BCUT2D eigenvalue weighted by atomic mass is 16.6. The van der Waals surface area contributed by atoms with Gasteiger partial charge in [-0.2, -0.15) is 10.2 Å². The number of nitrogens with zero attached hydrogens (tertiary/aromatic N) is 5. The highest BCUT2D eigenvalue weighted by molar-refractivity contribution is 5.90. The molecule has 0 radical (unpaired) electrons. The molecule has 0 spiro atoms. The molecule has 2 heterocycles. The molecule has 2 aromatic rings. The van der Waals surface area contributed by atoms with E-state index in [1.54, 1.807) is 31.8 Å². The molecule has 2 rings (SSSR count). The van der Waals surface area contributed by atoms with Crippen LogP contribution in [-0.4, -0.2) is 30.4 Å². The zero-order chi connectivity index (χ0) is 14.9. The van der Waals surface area contributed by atoms with E-state index in [1.807, 2.05) is 0 Å². The molecule has 0 aromatic carbocycles. The summed E-state index contributed by atoms with van der Waals surface area (Å²) in [6.45, 7) is 3.24. The zero-order valence-corrected chi connectivity index (χ0v) is 11.3. The Bertz CT molecular complexity index is 672. The number of carbonyl (C=O) groups excluding carboxylic acids is 1. The van der Waals surface area contributed by atoms with E-state index in [9.17, 15) is 14.9 Å². The number of hydrogen-bond donors (Lipinski definition) is 1. The van der Waals surface area contributed by atoms with Crippen molar-refractivity contribution in [3.05, 3.63) is 33.9 Å². The fraction of sp³-hybridized carbons (Fsp3) is 0.364. The van der Waals surface area contributed by atoms with Crippen molar-refractivity contribution in [2.24, 2.45) is 7.05 Å². The number of aromatic nitrogens is 4. The van der Waals surface area contributed by atoms with Crippen LogP contribution in [0.5, 0.6) is 0 Å². The molecule has 0 aliphatic rings. The van der Waals surface area contributed by atoms with E-state index in [1.165, 1.54) is 4.68 Å². The van der Waals surface area contributed by atoms with Crippen molar-refractivity contribution in [1.82, 2.24) is 19.6 Å². The van der Waals surface area contributed by atoms with Gasteiger partial charge in [0.25, 0.3) is 0 Å². The van der Waals surface area contributed by atoms with Gasteiger partial charge in [-0.3, -0.25) is 24.3 Å². The van der Waals surface area contributed by atoms with Gasteiger partial charge in [0.15, 0.2) is 0 Å². The normalized spacial score (nSPS) is 10.6. The van der Waals surface area contributed by atoms with Gasteiger partial charge in [-0.1, -0.05) is 0 Å². The van der Waals surface area contributed by atoms with Crippen LogP contribution in [0, 0.1) is 24.0 Å². The lowest BCUT2D eigenvalue weighted by Gasteiger charge is -2.05. The van der Waals surface area contributed by atoms with Gasteiger partial charge < -0.3 is 5.32 Å². The second-order valence-electron chi connectivity index (χ2n) is 4.38. The fourth-order valence-electron chi connectivity index (χ4n) is 1.82. The van der Waals surface area contributed by atoms with E-state index >= 15 is 0 Å². The maximum absolute atomic E-state index is 11.9. The largest absolute Gasteiger partial charge is 0.322 e. The van der Waals surface area contributed by atoms with Gasteiger partial charge >= 0.3 is 5.69 Å². The smallest absolute Gasteiger partial charge is 0.309 e. The average molecular weight is 278 g/mol. The summed E-state index contributed by atoms with van der Waals surface area (Å²) in [6, 6.07) is 0. The summed E-state index contributed by atoms with van der Waals surface area (Å²) in [5.74, 6) is -0.317. The van der Waals surface area contributed by atoms with Crippen LogP contribution in [0.2, 0.25) is 0 Å². The molecule has 0 atom stereocenters. The quantitative estimate of drug-likeness (QED) is 0.656. The summed E-state index contributed by atoms with van der Waals surface area (Å²) in [7, 11) is 1.75. The van der Waals surface area contributed by atoms with E-state index < -0.39 is 4.92 Å². The van der Waals surface area contributed by atoms with E-state index in [0.717, 1.165) is 6.20 Å². The third-order valence-corrected chi connectivity index (χ3v) is 2.85. The highest BCUT2D eigenvalue weighted by Gasteiger charge is 2.18. The second-order valence-corrected chi connectivity index (χ2v) is 4.38. The van der Waals surface area contributed by atoms with Crippen LogP contribution >= 0.6 is 0 Å². The average Bonchev–Trinajstić information content (AvgIpc) is 2.84. The Hall–Kier alpha value is -2.71. The number of amides is 1. The summed E-state index contributed by atoms with van der Waals surface area (Å²) in [6.07, 6.45) is 2.82. The van der Waals surface area contributed by atoms with Crippen LogP contribution in [-0.2, 0) is 18.4 Å². The van der Waals surface area contributed by atoms with Crippen LogP contribution in [0.15, 0.2) is 12.4 Å². The number of hydrogen-bond acceptors (Lipinski definition) is 5. The Labute approximate surface area is 114 Å². The Morgan fingerprint density at radius 2 is 2.20 bits per heavy atom. The number of anilines is 1. The molecule has 0 saturated heterocycles. The lowest BCUT2D eigenvalue weighted by Crippen LogP contribution is -2.20. The Balaban J connectivity index is 2.09. The van der Waals surface area contributed by atoms with Crippen molar-refractivity contribution in [1.29, 1.82) is 0 Å². The number of nitro groups is 1. The van der Waals surface area contributed by atoms with Gasteiger partial charge in [0, 0.05) is 13.2 Å². The maximum atomic E-state index is 11.9. The van der Waals surface area contributed by atoms with Gasteiger partial charge in [0.05, 0.1) is 16.3 Å². The molecular weight excluding hydrogens is 264 g/mol. The Kier molecular flexibility index (Phi) is 3.51. The van der Waals surface area contributed by atoms with Crippen molar-refractivity contribution < 1.29 is 9.72 Å². The number of aryl methyl sites for hydroxylation is 2. The van der Waals surface area contributed by atoms with Crippen LogP contribution < -0.4 is 5.32 Å². The molecule has 0 aliphatic carbocycles. The predicted molar refractivity (Wildman–Crippen MR) is 70.2 cm³/mol. The fourth-order valence-corrected chi connectivity index (χ4v) is 1.82. The number of carbonyl (C=O) groups is 1. The lowest BCUT2D eigenvalue weighted by atomic mass is 10.4. The second kappa shape index (κ2) is 5.11. The third-order valence-electron chi connectivity index (χ3n) is 2.85. The SMILES string of the molecule is Cc1nn(C)cc1NC(=O)Cn1ncc([N+](=O)[O-])c1C. The molecule has 9 nitrogen and oxygen atoms in total. The van der Waals surface area contributed by atoms with Crippen molar-refractivity contribution >= 4 is 17.3 Å². The van der Waals surface area contributed by atoms with E-state index in [4.69, 9.17) is 0 Å². The minimum Gasteiger partial charge on any atom is -0.322 e. The highest BCUT2D eigenvalue weighted by Crippen LogP contribution is 2.16. The summed E-state index contributed by atoms with van der Waals surface area (Å²) in [5.41, 5.74) is 1.55. The molecule has 9 heteroatoms.